The summed E-state index contributed by atoms with van der Waals surface area (Å²) in [6.07, 6.45) is 7.56. The third-order valence-electron chi connectivity index (χ3n) is 2.80. The highest BCUT2D eigenvalue weighted by molar-refractivity contribution is 4.88. The third-order valence-corrected chi connectivity index (χ3v) is 2.80. The van der Waals surface area contributed by atoms with E-state index in [4.69, 9.17) is 4.74 Å². The van der Waals surface area contributed by atoms with Gasteiger partial charge < -0.3 is 13.9 Å². The van der Waals surface area contributed by atoms with Gasteiger partial charge in [0.1, 0.15) is 11.6 Å². The lowest BCUT2D eigenvalue weighted by molar-refractivity contribution is 0.118. The summed E-state index contributed by atoms with van der Waals surface area (Å²) in [6.45, 7) is 7.13. The molecule has 92 valence electrons. The maximum absolute atomic E-state index is 5.59. The van der Waals surface area contributed by atoms with E-state index in [2.05, 4.69) is 19.1 Å². The highest BCUT2D eigenvalue weighted by Crippen LogP contribution is 1.97. The Bertz CT molecular complexity index is 418. The maximum atomic E-state index is 5.59. The van der Waals surface area contributed by atoms with Gasteiger partial charge in [-0.05, 0) is 13.8 Å². The Balaban J connectivity index is 1.64. The molecule has 0 bridgehead atoms. The molecule has 0 N–H and O–H groups in total. The zero-order valence-corrected chi connectivity index (χ0v) is 10.3. The van der Waals surface area contributed by atoms with E-state index >= 15 is 0 Å². The first-order valence-corrected chi connectivity index (χ1v) is 5.80. The van der Waals surface area contributed by atoms with Crippen molar-refractivity contribution < 1.29 is 4.74 Å². The molecule has 2 aromatic rings. The van der Waals surface area contributed by atoms with Crippen LogP contribution in [0, 0.1) is 13.8 Å². The summed E-state index contributed by atoms with van der Waals surface area (Å²) in [7, 11) is 0. The SMILES string of the molecule is Cc1nccn1CCOCCn1ccnc1C. The van der Waals surface area contributed by atoms with Crippen LogP contribution in [0.4, 0.5) is 0 Å². The van der Waals surface area contributed by atoms with Gasteiger partial charge in [0.25, 0.3) is 0 Å². The molecule has 0 saturated carbocycles. The van der Waals surface area contributed by atoms with E-state index in [-0.39, 0.29) is 0 Å². The number of hydrogen-bond donors (Lipinski definition) is 0. The summed E-state index contributed by atoms with van der Waals surface area (Å²) in [5, 5.41) is 0. The Kier molecular flexibility index (Phi) is 3.93. The van der Waals surface area contributed by atoms with E-state index in [1.807, 2.05) is 38.6 Å². The molecular formula is C12H18N4O. The van der Waals surface area contributed by atoms with Crippen LogP contribution in [0.15, 0.2) is 24.8 Å². The van der Waals surface area contributed by atoms with Crippen LogP contribution in [0.2, 0.25) is 0 Å². The number of imidazole rings is 2. The maximum Gasteiger partial charge on any atom is 0.105 e. The lowest BCUT2D eigenvalue weighted by Gasteiger charge is -2.08. The van der Waals surface area contributed by atoms with Gasteiger partial charge in [-0.15, -0.1) is 0 Å². The van der Waals surface area contributed by atoms with E-state index in [9.17, 15) is 0 Å². The van der Waals surface area contributed by atoms with Crippen LogP contribution in [-0.4, -0.2) is 32.3 Å². The lowest BCUT2D eigenvalue weighted by Crippen LogP contribution is -2.11. The van der Waals surface area contributed by atoms with Gasteiger partial charge in [-0.3, -0.25) is 0 Å². The van der Waals surface area contributed by atoms with Gasteiger partial charge in [0, 0.05) is 37.9 Å². The molecule has 0 amide bonds. The molecule has 0 unspecified atom stereocenters. The first kappa shape index (κ1) is 11.9. The van der Waals surface area contributed by atoms with Gasteiger partial charge in [0.2, 0.25) is 0 Å². The van der Waals surface area contributed by atoms with E-state index in [0.29, 0.717) is 13.2 Å². The molecule has 0 aromatic carbocycles. The first-order valence-electron chi connectivity index (χ1n) is 5.80. The average molecular weight is 234 g/mol. The third kappa shape index (κ3) is 3.17. The number of aryl methyl sites for hydroxylation is 2. The second-order valence-corrected chi connectivity index (χ2v) is 3.95. The largest absolute Gasteiger partial charge is 0.378 e. The molecule has 2 rings (SSSR count). The average Bonchev–Trinajstić information content (AvgIpc) is 2.89. The molecule has 5 heteroatoms. The van der Waals surface area contributed by atoms with Crippen molar-refractivity contribution in [3.8, 4) is 0 Å². The molecule has 0 saturated heterocycles. The summed E-state index contributed by atoms with van der Waals surface area (Å²) in [5.41, 5.74) is 0. The molecule has 0 spiro atoms. The Morgan fingerprint density at radius 2 is 1.41 bits per heavy atom. The molecule has 0 atom stereocenters. The minimum Gasteiger partial charge on any atom is -0.378 e. The Labute approximate surface area is 101 Å². The quantitative estimate of drug-likeness (QED) is 0.710. The fourth-order valence-electron chi connectivity index (χ4n) is 1.71. The molecule has 0 radical (unpaired) electrons. The van der Waals surface area contributed by atoms with Gasteiger partial charge in [-0.25, -0.2) is 9.97 Å². The van der Waals surface area contributed by atoms with Gasteiger partial charge in [-0.1, -0.05) is 0 Å². The molecule has 5 nitrogen and oxygen atoms in total. The number of ether oxygens (including phenoxy) is 1. The van der Waals surface area contributed by atoms with Crippen LogP contribution < -0.4 is 0 Å². The molecule has 0 aliphatic heterocycles. The highest BCUT2D eigenvalue weighted by Gasteiger charge is 1.98. The molecule has 17 heavy (non-hydrogen) atoms. The van der Waals surface area contributed by atoms with E-state index < -0.39 is 0 Å². The van der Waals surface area contributed by atoms with Crippen molar-refractivity contribution in [1.82, 2.24) is 19.1 Å². The first-order chi connectivity index (χ1) is 8.27. The molecule has 2 heterocycles. The van der Waals surface area contributed by atoms with Crippen molar-refractivity contribution in [1.29, 1.82) is 0 Å². The van der Waals surface area contributed by atoms with Gasteiger partial charge in [0.05, 0.1) is 13.2 Å². The fourth-order valence-corrected chi connectivity index (χ4v) is 1.71. The predicted molar refractivity (Wildman–Crippen MR) is 64.7 cm³/mol. The van der Waals surface area contributed by atoms with Crippen LogP contribution in [0.3, 0.4) is 0 Å². The van der Waals surface area contributed by atoms with Gasteiger partial charge in [0.15, 0.2) is 0 Å². The second-order valence-electron chi connectivity index (χ2n) is 3.95. The molecule has 0 aliphatic carbocycles. The minimum atomic E-state index is 0.713. The minimum absolute atomic E-state index is 0.713. The van der Waals surface area contributed by atoms with Gasteiger partial charge in [-0.2, -0.15) is 0 Å². The summed E-state index contributed by atoms with van der Waals surface area (Å²) < 4.78 is 9.76. The lowest BCUT2D eigenvalue weighted by atomic mass is 10.5. The van der Waals surface area contributed by atoms with Gasteiger partial charge >= 0.3 is 0 Å². The van der Waals surface area contributed by atoms with E-state index in [1.54, 1.807) is 0 Å². The summed E-state index contributed by atoms with van der Waals surface area (Å²) in [6, 6.07) is 0. The van der Waals surface area contributed by atoms with Crippen molar-refractivity contribution >= 4 is 0 Å². The van der Waals surface area contributed by atoms with Crippen molar-refractivity contribution in [3.63, 3.8) is 0 Å². The Morgan fingerprint density at radius 3 is 1.76 bits per heavy atom. The van der Waals surface area contributed by atoms with E-state index in [0.717, 1.165) is 24.7 Å². The van der Waals surface area contributed by atoms with Crippen molar-refractivity contribution in [2.45, 2.75) is 26.9 Å². The molecule has 2 aromatic heterocycles. The molecule has 0 aliphatic rings. The number of nitrogens with zero attached hydrogens (tertiary/aromatic N) is 4. The number of hydrogen-bond acceptors (Lipinski definition) is 3. The van der Waals surface area contributed by atoms with Crippen LogP contribution in [0.25, 0.3) is 0 Å². The number of aromatic nitrogens is 4. The highest BCUT2D eigenvalue weighted by atomic mass is 16.5. The summed E-state index contributed by atoms with van der Waals surface area (Å²) in [5.74, 6) is 2.05. The zero-order valence-electron chi connectivity index (χ0n) is 10.3. The number of rotatable bonds is 6. The predicted octanol–water partition coefficient (Wildman–Crippen LogP) is 1.41. The fraction of sp³-hybridized carbons (Fsp3) is 0.500. The van der Waals surface area contributed by atoms with Crippen LogP contribution in [0.1, 0.15) is 11.6 Å². The zero-order chi connectivity index (χ0) is 12.1. The Morgan fingerprint density at radius 1 is 0.941 bits per heavy atom. The second kappa shape index (κ2) is 5.63. The van der Waals surface area contributed by atoms with Crippen molar-refractivity contribution in [2.75, 3.05) is 13.2 Å². The van der Waals surface area contributed by atoms with Crippen LogP contribution in [0.5, 0.6) is 0 Å². The van der Waals surface area contributed by atoms with E-state index in [1.165, 1.54) is 0 Å². The Hall–Kier alpha value is -1.62. The summed E-state index contributed by atoms with van der Waals surface area (Å²) in [4.78, 5) is 8.33. The van der Waals surface area contributed by atoms with Crippen molar-refractivity contribution in [3.05, 3.63) is 36.4 Å². The van der Waals surface area contributed by atoms with Crippen LogP contribution in [-0.2, 0) is 17.8 Å². The topological polar surface area (TPSA) is 44.9 Å². The standard InChI is InChI=1S/C12H18N4O/c1-11-13-3-5-15(11)7-9-17-10-8-16-6-4-14-12(16)2/h3-6H,7-10H2,1-2H3. The molecule has 0 fully saturated rings. The summed E-state index contributed by atoms with van der Waals surface area (Å²) >= 11 is 0. The monoisotopic (exact) mass is 234 g/mol. The normalized spacial score (nSPS) is 10.9. The van der Waals surface area contributed by atoms with Crippen LogP contribution >= 0.6 is 0 Å². The molecular weight excluding hydrogens is 216 g/mol. The smallest absolute Gasteiger partial charge is 0.105 e. The van der Waals surface area contributed by atoms with Crippen molar-refractivity contribution in [2.24, 2.45) is 0 Å².